The summed E-state index contributed by atoms with van der Waals surface area (Å²) >= 11 is 0. The molecule has 0 spiro atoms. The Bertz CT molecular complexity index is 554. The van der Waals surface area contributed by atoms with Crippen LogP contribution in [0.25, 0.3) is 0 Å². The van der Waals surface area contributed by atoms with Crippen molar-refractivity contribution in [2.45, 2.75) is 6.42 Å². The number of rotatable bonds is 6. The molecule has 0 aromatic heterocycles. The van der Waals surface area contributed by atoms with Crippen molar-refractivity contribution in [2.75, 3.05) is 50.5 Å². The Morgan fingerprint density at radius 3 is 2.57 bits per heavy atom. The molecule has 21 heavy (non-hydrogen) atoms. The molecular formula is C14H23N3O3S. The summed E-state index contributed by atoms with van der Waals surface area (Å²) in [5, 5.41) is 0. The Labute approximate surface area is 126 Å². The standard InChI is InChI=1S/C14H23N3O3S/c1-20-14-5-2-4-13(12-14)16-7-9-17(10-8-16)21(18,19)11-3-6-15/h2,4-5,12H,3,6-11,15H2,1H3. The van der Waals surface area contributed by atoms with Crippen LogP contribution >= 0.6 is 0 Å². The maximum absolute atomic E-state index is 12.1. The number of nitrogens with two attached hydrogens (primary N) is 1. The van der Waals surface area contributed by atoms with Crippen LogP contribution in [0.5, 0.6) is 5.75 Å². The van der Waals surface area contributed by atoms with Crippen LogP contribution in [0, 0.1) is 0 Å². The zero-order valence-electron chi connectivity index (χ0n) is 12.4. The topological polar surface area (TPSA) is 75.9 Å². The van der Waals surface area contributed by atoms with Crippen LogP contribution in [0.4, 0.5) is 5.69 Å². The van der Waals surface area contributed by atoms with E-state index in [0.29, 0.717) is 39.1 Å². The Hall–Kier alpha value is -1.31. The number of hydrogen-bond acceptors (Lipinski definition) is 5. The fourth-order valence-electron chi connectivity index (χ4n) is 2.43. The molecule has 2 N–H and O–H groups in total. The van der Waals surface area contributed by atoms with Crippen molar-refractivity contribution >= 4 is 15.7 Å². The number of methoxy groups -OCH3 is 1. The fourth-order valence-corrected chi connectivity index (χ4v) is 3.94. The van der Waals surface area contributed by atoms with E-state index >= 15 is 0 Å². The SMILES string of the molecule is COc1cccc(N2CCN(S(=O)(=O)CCCN)CC2)c1. The maximum atomic E-state index is 12.1. The molecule has 1 aliphatic rings. The van der Waals surface area contributed by atoms with Gasteiger partial charge in [0.25, 0.3) is 0 Å². The predicted molar refractivity (Wildman–Crippen MR) is 84.2 cm³/mol. The van der Waals surface area contributed by atoms with Crippen molar-refractivity contribution in [3.05, 3.63) is 24.3 Å². The minimum Gasteiger partial charge on any atom is -0.497 e. The molecule has 0 amide bonds. The summed E-state index contributed by atoms with van der Waals surface area (Å²) in [5.74, 6) is 0.952. The summed E-state index contributed by atoms with van der Waals surface area (Å²) < 4.78 is 31.0. The predicted octanol–water partition coefficient (Wildman–Crippen LogP) is 0.496. The molecule has 0 atom stereocenters. The van der Waals surface area contributed by atoms with Crippen LogP contribution in [0.3, 0.4) is 0 Å². The summed E-state index contributed by atoms with van der Waals surface area (Å²) in [6.45, 7) is 2.82. The van der Waals surface area contributed by atoms with Gasteiger partial charge in [-0.05, 0) is 25.1 Å². The lowest BCUT2D eigenvalue weighted by Crippen LogP contribution is -2.49. The highest BCUT2D eigenvalue weighted by molar-refractivity contribution is 7.89. The van der Waals surface area contributed by atoms with Crippen LogP contribution in [-0.4, -0.2) is 58.3 Å². The molecule has 0 bridgehead atoms. The normalized spacial score (nSPS) is 17.0. The first kappa shape index (κ1) is 16.1. The monoisotopic (exact) mass is 313 g/mol. The molecule has 1 fully saturated rings. The maximum Gasteiger partial charge on any atom is 0.214 e. The molecule has 1 saturated heterocycles. The van der Waals surface area contributed by atoms with Crippen molar-refractivity contribution in [3.63, 3.8) is 0 Å². The molecular weight excluding hydrogens is 290 g/mol. The zero-order chi connectivity index (χ0) is 15.3. The molecule has 1 aromatic rings. The lowest BCUT2D eigenvalue weighted by Gasteiger charge is -2.35. The fraction of sp³-hybridized carbons (Fsp3) is 0.571. The van der Waals surface area contributed by atoms with E-state index in [1.165, 1.54) is 0 Å². The van der Waals surface area contributed by atoms with Gasteiger partial charge in [-0.3, -0.25) is 0 Å². The lowest BCUT2D eigenvalue weighted by molar-refractivity contribution is 0.383. The number of sulfonamides is 1. The van der Waals surface area contributed by atoms with E-state index < -0.39 is 10.0 Å². The molecule has 6 nitrogen and oxygen atoms in total. The van der Waals surface area contributed by atoms with Gasteiger partial charge in [0.05, 0.1) is 12.9 Å². The third-order valence-corrected chi connectivity index (χ3v) is 5.61. The summed E-state index contributed by atoms with van der Waals surface area (Å²) in [7, 11) is -1.52. The summed E-state index contributed by atoms with van der Waals surface area (Å²) in [6, 6.07) is 7.83. The van der Waals surface area contributed by atoms with Crippen LogP contribution in [0.15, 0.2) is 24.3 Å². The van der Waals surface area contributed by atoms with E-state index in [-0.39, 0.29) is 5.75 Å². The number of anilines is 1. The minimum absolute atomic E-state index is 0.142. The number of hydrogen-bond donors (Lipinski definition) is 1. The molecule has 118 valence electrons. The Kier molecular flexibility index (Phi) is 5.44. The van der Waals surface area contributed by atoms with E-state index in [0.717, 1.165) is 11.4 Å². The van der Waals surface area contributed by atoms with Crippen molar-refractivity contribution in [1.82, 2.24) is 4.31 Å². The average molecular weight is 313 g/mol. The Balaban J connectivity index is 1.96. The first-order chi connectivity index (χ1) is 10.1. The molecule has 0 saturated carbocycles. The second-order valence-electron chi connectivity index (χ2n) is 5.05. The third kappa shape index (κ3) is 4.09. The van der Waals surface area contributed by atoms with Crippen LogP contribution in [-0.2, 0) is 10.0 Å². The van der Waals surface area contributed by atoms with Crippen LogP contribution in [0.2, 0.25) is 0 Å². The highest BCUT2D eigenvalue weighted by Crippen LogP contribution is 2.22. The van der Waals surface area contributed by atoms with Gasteiger partial charge in [0, 0.05) is 37.9 Å². The van der Waals surface area contributed by atoms with E-state index in [4.69, 9.17) is 10.5 Å². The van der Waals surface area contributed by atoms with E-state index in [1.807, 2.05) is 24.3 Å². The van der Waals surface area contributed by atoms with Gasteiger partial charge in [-0.2, -0.15) is 4.31 Å². The summed E-state index contributed by atoms with van der Waals surface area (Å²) in [5.41, 5.74) is 6.45. The molecule has 1 aromatic carbocycles. The zero-order valence-corrected chi connectivity index (χ0v) is 13.2. The highest BCUT2D eigenvalue weighted by Gasteiger charge is 2.26. The second kappa shape index (κ2) is 7.11. The molecule has 0 radical (unpaired) electrons. The number of benzene rings is 1. The Morgan fingerprint density at radius 1 is 1.24 bits per heavy atom. The summed E-state index contributed by atoms with van der Waals surface area (Å²) in [4.78, 5) is 2.18. The van der Waals surface area contributed by atoms with Crippen molar-refractivity contribution in [3.8, 4) is 5.75 Å². The van der Waals surface area contributed by atoms with Gasteiger partial charge in [0.15, 0.2) is 0 Å². The van der Waals surface area contributed by atoms with Crippen molar-refractivity contribution in [2.24, 2.45) is 5.73 Å². The molecule has 7 heteroatoms. The van der Waals surface area contributed by atoms with Crippen molar-refractivity contribution < 1.29 is 13.2 Å². The second-order valence-corrected chi connectivity index (χ2v) is 7.13. The van der Waals surface area contributed by atoms with Crippen LogP contribution < -0.4 is 15.4 Å². The van der Waals surface area contributed by atoms with Gasteiger partial charge in [-0.1, -0.05) is 6.07 Å². The average Bonchev–Trinajstić information content (AvgIpc) is 2.53. The first-order valence-electron chi connectivity index (χ1n) is 7.14. The quantitative estimate of drug-likeness (QED) is 0.827. The molecule has 1 heterocycles. The molecule has 2 rings (SSSR count). The minimum atomic E-state index is -3.16. The summed E-state index contributed by atoms with van der Waals surface area (Å²) in [6.07, 6.45) is 0.512. The van der Waals surface area contributed by atoms with E-state index in [9.17, 15) is 8.42 Å². The van der Waals surface area contributed by atoms with Gasteiger partial charge < -0.3 is 15.4 Å². The highest BCUT2D eigenvalue weighted by atomic mass is 32.2. The van der Waals surface area contributed by atoms with Gasteiger partial charge in [0.2, 0.25) is 10.0 Å². The van der Waals surface area contributed by atoms with Gasteiger partial charge >= 0.3 is 0 Å². The van der Waals surface area contributed by atoms with E-state index in [2.05, 4.69) is 4.90 Å². The lowest BCUT2D eigenvalue weighted by atomic mass is 10.2. The first-order valence-corrected chi connectivity index (χ1v) is 8.74. The molecule has 0 unspecified atom stereocenters. The number of nitrogens with zero attached hydrogens (tertiary/aromatic N) is 2. The molecule has 0 aliphatic carbocycles. The van der Waals surface area contributed by atoms with Gasteiger partial charge in [-0.15, -0.1) is 0 Å². The van der Waals surface area contributed by atoms with Crippen molar-refractivity contribution in [1.29, 1.82) is 0 Å². The molecule has 1 aliphatic heterocycles. The third-order valence-electron chi connectivity index (χ3n) is 3.66. The number of piperazine rings is 1. The van der Waals surface area contributed by atoms with Crippen LogP contribution in [0.1, 0.15) is 6.42 Å². The van der Waals surface area contributed by atoms with Gasteiger partial charge in [0.1, 0.15) is 5.75 Å². The van der Waals surface area contributed by atoms with E-state index in [1.54, 1.807) is 11.4 Å². The largest absolute Gasteiger partial charge is 0.497 e. The smallest absolute Gasteiger partial charge is 0.214 e. The number of ether oxygens (including phenoxy) is 1. The Morgan fingerprint density at radius 2 is 1.95 bits per heavy atom. The van der Waals surface area contributed by atoms with Gasteiger partial charge in [-0.25, -0.2) is 8.42 Å².